The third-order valence-corrected chi connectivity index (χ3v) is 12.8. The SMILES string of the molecule is CC(CC(=O)CC(C)(C)O)C1C(=O)CC2(C)C3CCC4C(=C3C(CO)CC12C)CCC(OC1OCC(O)C(O)C1O)C4(C)C. The predicted octanol–water partition coefficient (Wildman–Crippen LogP) is 3.32. The average Bonchev–Trinajstić information content (AvgIpc) is 3.12. The normalized spacial score (nSPS) is 44.5. The fraction of sp³-hybridized carbons (Fsp3) is 0.886. The number of fused-ring (bicyclic) bond motifs is 4. The maximum atomic E-state index is 13.9. The zero-order valence-electron chi connectivity index (χ0n) is 27.7. The Morgan fingerprint density at radius 2 is 1.70 bits per heavy atom. The van der Waals surface area contributed by atoms with Crippen LogP contribution in [0.4, 0.5) is 0 Å². The number of aliphatic hydroxyl groups excluding tert-OH is 4. The molecule has 4 aliphatic carbocycles. The fourth-order valence-electron chi connectivity index (χ4n) is 10.7. The highest BCUT2D eigenvalue weighted by Crippen LogP contribution is 2.71. The second-order valence-corrected chi connectivity index (χ2v) is 16.6. The monoisotopic (exact) mass is 620 g/mol. The molecule has 12 atom stereocenters. The molecule has 5 N–H and O–H groups in total. The van der Waals surface area contributed by atoms with Crippen molar-refractivity contribution in [1.82, 2.24) is 0 Å². The highest BCUT2D eigenvalue weighted by atomic mass is 16.7. The van der Waals surface area contributed by atoms with Gasteiger partial charge in [-0.2, -0.15) is 0 Å². The summed E-state index contributed by atoms with van der Waals surface area (Å²) < 4.78 is 11.9. The van der Waals surface area contributed by atoms with Crippen LogP contribution >= 0.6 is 0 Å². The summed E-state index contributed by atoms with van der Waals surface area (Å²) in [4.78, 5) is 26.8. The minimum Gasteiger partial charge on any atom is -0.396 e. The summed E-state index contributed by atoms with van der Waals surface area (Å²) >= 11 is 0. The number of hydrogen-bond acceptors (Lipinski definition) is 9. The van der Waals surface area contributed by atoms with E-state index in [1.54, 1.807) is 13.8 Å². The zero-order chi connectivity index (χ0) is 32.6. The van der Waals surface area contributed by atoms with Crippen molar-refractivity contribution < 1.29 is 44.6 Å². The molecule has 0 aromatic rings. The van der Waals surface area contributed by atoms with E-state index in [2.05, 4.69) is 27.7 Å². The van der Waals surface area contributed by atoms with Gasteiger partial charge in [0.05, 0.1) is 18.3 Å². The van der Waals surface area contributed by atoms with Gasteiger partial charge in [0.25, 0.3) is 0 Å². The Kier molecular flexibility index (Phi) is 9.15. The summed E-state index contributed by atoms with van der Waals surface area (Å²) in [6.07, 6.45) is -0.213. The number of allylic oxidation sites excluding steroid dienone is 1. The van der Waals surface area contributed by atoms with E-state index >= 15 is 0 Å². The number of carbonyl (C=O) groups is 2. The standard InChI is InChI=1S/C35H56O9/c1-18(12-20(37)14-32(2,3)42)28-24(38)15-34(6)23-10-9-22-21(27(23)19(16-36)13-35(28,34)7)8-11-26(33(22,4)5)44-31-30(41)29(40)25(39)17-43-31/h18-19,22-23,25-26,28-31,36,39-42H,8-17H2,1-7H3. The topological polar surface area (TPSA) is 154 Å². The van der Waals surface area contributed by atoms with E-state index in [0.717, 1.165) is 19.3 Å². The molecule has 12 unspecified atom stereocenters. The van der Waals surface area contributed by atoms with Crippen molar-refractivity contribution in [3.05, 3.63) is 11.1 Å². The molecule has 0 spiro atoms. The third-order valence-electron chi connectivity index (χ3n) is 12.8. The number of hydrogen-bond donors (Lipinski definition) is 5. The van der Waals surface area contributed by atoms with Crippen LogP contribution in [0.15, 0.2) is 11.1 Å². The molecular formula is C35H56O9. The Morgan fingerprint density at radius 1 is 1.05 bits per heavy atom. The number of carbonyl (C=O) groups excluding carboxylic acids is 2. The lowest BCUT2D eigenvalue weighted by Gasteiger charge is -2.61. The molecule has 44 heavy (non-hydrogen) atoms. The van der Waals surface area contributed by atoms with Crippen molar-refractivity contribution in [2.75, 3.05) is 13.2 Å². The minimum absolute atomic E-state index is 0.0172. The van der Waals surface area contributed by atoms with Crippen molar-refractivity contribution in [2.24, 2.45) is 45.8 Å². The van der Waals surface area contributed by atoms with Crippen molar-refractivity contribution >= 4 is 11.6 Å². The Morgan fingerprint density at radius 3 is 2.34 bits per heavy atom. The largest absolute Gasteiger partial charge is 0.396 e. The van der Waals surface area contributed by atoms with E-state index in [9.17, 15) is 35.1 Å². The highest BCUT2D eigenvalue weighted by molar-refractivity contribution is 5.87. The summed E-state index contributed by atoms with van der Waals surface area (Å²) in [6, 6.07) is 0. The second-order valence-electron chi connectivity index (χ2n) is 16.6. The molecule has 0 amide bonds. The molecule has 5 aliphatic rings. The van der Waals surface area contributed by atoms with Crippen molar-refractivity contribution in [3.63, 3.8) is 0 Å². The summed E-state index contributed by atoms with van der Waals surface area (Å²) in [5.41, 5.74) is 0.701. The lowest BCUT2D eigenvalue weighted by molar-refractivity contribution is -0.296. The van der Waals surface area contributed by atoms with Crippen molar-refractivity contribution in [3.8, 4) is 0 Å². The van der Waals surface area contributed by atoms with Gasteiger partial charge >= 0.3 is 0 Å². The van der Waals surface area contributed by atoms with Crippen LogP contribution in [0.25, 0.3) is 0 Å². The first-order chi connectivity index (χ1) is 20.4. The lowest BCUT2D eigenvalue weighted by Crippen LogP contribution is -2.57. The maximum absolute atomic E-state index is 13.9. The first-order valence-corrected chi connectivity index (χ1v) is 16.8. The van der Waals surface area contributed by atoms with Gasteiger partial charge in [-0.15, -0.1) is 0 Å². The predicted molar refractivity (Wildman–Crippen MR) is 163 cm³/mol. The van der Waals surface area contributed by atoms with E-state index in [0.29, 0.717) is 19.3 Å². The van der Waals surface area contributed by atoms with Gasteiger partial charge in [-0.25, -0.2) is 0 Å². The van der Waals surface area contributed by atoms with Crippen LogP contribution in [0.2, 0.25) is 0 Å². The Labute approximate surface area is 262 Å². The van der Waals surface area contributed by atoms with Crippen LogP contribution in [0.5, 0.6) is 0 Å². The van der Waals surface area contributed by atoms with E-state index in [1.165, 1.54) is 11.1 Å². The van der Waals surface area contributed by atoms with E-state index in [1.807, 2.05) is 6.92 Å². The molecule has 0 bridgehead atoms. The average molecular weight is 621 g/mol. The molecular weight excluding hydrogens is 564 g/mol. The molecule has 4 fully saturated rings. The number of rotatable bonds is 8. The van der Waals surface area contributed by atoms with E-state index < -0.39 is 30.2 Å². The van der Waals surface area contributed by atoms with Crippen molar-refractivity contribution in [2.45, 2.75) is 136 Å². The number of Topliss-reactive ketones (excluding diaryl/α,β-unsaturated/α-hetero) is 2. The Balaban J connectivity index is 1.41. The number of aliphatic hydroxyl groups is 5. The first-order valence-electron chi connectivity index (χ1n) is 16.8. The number of ether oxygens (including phenoxy) is 2. The first kappa shape index (κ1) is 34.1. The molecule has 5 rings (SSSR count). The van der Waals surface area contributed by atoms with Crippen LogP contribution in [0.1, 0.15) is 99.8 Å². The van der Waals surface area contributed by atoms with Crippen LogP contribution in [0.3, 0.4) is 0 Å². The molecule has 1 heterocycles. The van der Waals surface area contributed by atoms with Crippen LogP contribution < -0.4 is 0 Å². The van der Waals surface area contributed by atoms with E-state index in [-0.39, 0.29) is 89.6 Å². The molecule has 0 aromatic heterocycles. The maximum Gasteiger partial charge on any atom is 0.186 e. The Bertz CT molecular complexity index is 1160. The van der Waals surface area contributed by atoms with Gasteiger partial charge in [0.2, 0.25) is 0 Å². The van der Waals surface area contributed by atoms with Crippen LogP contribution in [-0.2, 0) is 19.1 Å². The summed E-state index contributed by atoms with van der Waals surface area (Å²) in [5, 5.41) is 51.6. The van der Waals surface area contributed by atoms with Gasteiger partial charge in [-0.05, 0) is 80.0 Å². The smallest absolute Gasteiger partial charge is 0.186 e. The van der Waals surface area contributed by atoms with Gasteiger partial charge in [0, 0.05) is 37.7 Å². The number of ketones is 2. The molecule has 9 nitrogen and oxygen atoms in total. The third kappa shape index (κ3) is 5.56. The molecule has 250 valence electrons. The quantitative estimate of drug-likeness (QED) is 0.257. The van der Waals surface area contributed by atoms with Gasteiger partial charge < -0.3 is 35.0 Å². The zero-order valence-corrected chi connectivity index (χ0v) is 27.7. The molecule has 1 saturated heterocycles. The summed E-state index contributed by atoms with van der Waals surface area (Å²) in [7, 11) is 0. The van der Waals surface area contributed by atoms with Crippen LogP contribution in [-0.4, -0.2) is 86.6 Å². The summed E-state index contributed by atoms with van der Waals surface area (Å²) in [5.74, 6) is 0.107. The van der Waals surface area contributed by atoms with Crippen LogP contribution in [0, 0.1) is 45.8 Å². The minimum atomic E-state index is -1.33. The Hall–Kier alpha value is -1.20. The van der Waals surface area contributed by atoms with E-state index in [4.69, 9.17) is 9.47 Å². The highest BCUT2D eigenvalue weighted by Gasteiger charge is 2.67. The van der Waals surface area contributed by atoms with Gasteiger partial charge in [-0.3, -0.25) is 9.59 Å². The molecule has 1 aliphatic heterocycles. The second kappa shape index (κ2) is 11.8. The fourth-order valence-corrected chi connectivity index (χ4v) is 10.7. The summed E-state index contributed by atoms with van der Waals surface area (Å²) in [6.45, 7) is 14.1. The molecule has 0 radical (unpaired) electrons. The van der Waals surface area contributed by atoms with Gasteiger partial charge in [0.1, 0.15) is 29.9 Å². The van der Waals surface area contributed by atoms with Gasteiger partial charge in [0.15, 0.2) is 6.29 Å². The van der Waals surface area contributed by atoms with Gasteiger partial charge in [-0.1, -0.05) is 45.8 Å². The molecule has 9 heteroatoms. The molecule has 0 aromatic carbocycles. The lowest BCUT2D eigenvalue weighted by atomic mass is 9.44. The van der Waals surface area contributed by atoms with Crippen molar-refractivity contribution in [1.29, 1.82) is 0 Å². The molecule has 3 saturated carbocycles.